The summed E-state index contributed by atoms with van der Waals surface area (Å²) in [5, 5.41) is 0. The highest BCUT2D eigenvalue weighted by Crippen LogP contribution is 2.23. The Bertz CT molecular complexity index is 435. The van der Waals surface area contributed by atoms with Gasteiger partial charge in [-0.2, -0.15) is 0 Å². The molecule has 86 valence electrons. The van der Waals surface area contributed by atoms with Crippen LogP contribution < -0.4 is 4.74 Å². The number of methoxy groups -OCH3 is 1. The first-order valence-electron chi connectivity index (χ1n) is 4.83. The summed E-state index contributed by atoms with van der Waals surface area (Å²) in [7, 11) is 1.31. The molecule has 1 rings (SSSR count). The third-order valence-corrected chi connectivity index (χ3v) is 2.18. The molecule has 4 nitrogen and oxygen atoms in total. The highest BCUT2D eigenvalue weighted by atomic mass is 16.5. The molecule has 0 heterocycles. The molecule has 0 aliphatic rings. The van der Waals surface area contributed by atoms with Crippen LogP contribution in [0, 0.1) is 13.8 Å². The van der Waals surface area contributed by atoms with Crippen LogP contribution in [0.1, 0.15) is 28.4 Å². The molecule has 0 aliphatic heterocycles. The number of hydrogen-bond donors (Lipinski definition) is 0. The zero-order valence-electron chi connectivity index (χ0n) is 9.79. The Hall–Kier alpha value is -1.84. The largest absolute Gasteiger partial charge is 0.465 e. The first kappa shape index (κ1) is 12.2. The number of hydrogen-bond acceptors (Lipinski definition) is 4. The molecule has 0 spiro atoms. The Morgan fingerprint density at radius 3 is 2.25 bits per heavy atom. The minimum atomic E-state index is -0.439. The maximum absolute atomic E-state index is 11.4. The first-order chi connectivity index (χ1) is 7.45. The summed E-state index contributed by atoms with van der Waals surface area (Å²) in [6, 6.07) is 3.31. The van der Waals surface area contributed by atoms with E-state index in [1.807, 2.05) is 6.92 Å². The number of benzene rings is 1. The smallest absolute Gasteiger partial charge is 0.338 e. The van der Waals surface area contributed by atoms with Crippen molar-refractivity contribution in [3.63, 3.8) is 0 Å². The number of carbonyl (C=O) groups excluding carboxylic acids is 2. The number of esters is 2. The van der Waals surface area contributed by atoms with Crippen LogP contribution in [0.25, 0.3) is 0 Å². The molecule has 0 saturated carbocycles. The van der Waals surface area contributed by atoms with Crippen LogP contribution in [0.5, 0.6) is 5.75 Å². The van der Waals surface area contributed by atoms with Crippen LogP contribution in [0.15, 0.2) is 12.1 Å². The van der Waals surface area contributed by atoms with Gasteiger partial charge in [0.15, 0.2) is 0 Å². The van der Waals surface area contributed by atoms with Crippen molar-refractivity contribution in [2.45, 2.75) is 20.8 Å². The molecule has 0 radical (unpaired) electrons. The molecule has 0 amide bonds. The summed E-state index contributed by atoms with van der Waals surface area (Å²) in [5.74, 6) is -0.466. The standard InChI is InChI=1S/C12H14O4/c1-7-5-8(2)11(16-9(3)13)6-10(7)12(14)15-4/h5-6H,1-4H3. The summed E-state index contributed by atoms with van der Waals surface area (Å²) in [6.45, 7) is 4.93. The SMILES string of the molecule is COC(=O)c1cc(OC(C)=O)c(C)cc1C. The predicted molar refractivity (Wildman–Crippen MR) is 58.6 cm³/mol. The van der Waals surface area contributed by atoms with Crippen molar-refractivity contribution in [1.29, 1.82) is 0 Å². The van der Waals surface area contributed by atoms with Crippen molar-refractivity contribution in [1.82, 2.24) is 0 Å². The maximum atomic E-state index is 11.4. The zero-order valence-corrected chi connectivity index (χ0v) is 9.79. The Morgan fingerprint density at radius 2 is 1.75 bits per heavy atom. The lowest BCUT2D eigenvalue weighted by Crippen LogP contribution is -2.08. The van der Waals surface area contributed by atoms with Gasteiger partial charge in [0.1, 0.15) is 5.75 Å². The second-order valence-electron chi connectivity index (χ2n) is 3.52. The van der Waals surface area contributed by atoms with Gasteiger partial charge in [0.2, 0.25) is 0 Å². The molecule has 0 aliphatic carbocycles. The van der Waals surface area contributed by atoms with Gasteiger partial charge in [-0.3, -0.25) is 4.79 Å². The number of ether oxygens (including phenoxy) is 2. The van der Waals surface area contributed by atoms with E-state index >= 15 is 0 Å². The average Bonchev–Trinajstić information content (AvgIpc) is 2.20. The van der Waals surface area contributed by atoms with Gasteiger partial charge < -0.3 is 9.47 Å². The average molecular weight is 222 g/mol. The van der Waals surface area contributed by atoms with Crippen molar-refractivity contribution in [2.75, 3.05) is 7.11 Å². The molecule has 0 saturated heterocycles. The lowest BCUT2D eigenvalue weighted by molar-refractivity contribution is -0.131. The summed E-state index contributed by atoms with van der Waals surface area (Å²) in [6.07, 6.45) is 0. The lowest BCUT2D eigenvalue weighted by atomic mass is 10.0. The van der Waals surface area contributed by atoms with Crippen molar-refractivity contribution < 1.29 is 19.1 Å². The Morgan fingerprint density at radius 1 is 1.12 bits per heavy atom. The Kier molecular flexibility index (Phi) is 3.66. The highest BCUT2D eigenvalue weighted by molar-refractivity contribution is 5.91. The number of carbonyl (C=O) groups is 2. The van der Waals surface area contributed by atoms with Gasteiger partial charge in [-0.15, -0.1) is 0 Å². The third kappa shape index (κ3) is 2.59. The molecule has 0 N–H and O–H groups in total. The Balaban J connectivity index is 3.21. The molecule has 4 heteroatoms. The fourth-order valence-electron chi connectivity index (χ4n) is 1.43. The summed E-state index contributed by atoms with van der Waals surface area (Å²) in [5.41, 5.74) is 2.00. The van der Waals surface area contributed by atoms with Crippen LogP contribution in [-0.2, 0) is 9.53 Å². The van der Waals surface area contributed by atoms with E-state index in [4.69, 9.17) is 4.74 Å². The van der Waals surface area contributed by atoms with Crippen molar-refractivity contribution in [3.8, 4) is 5.75 Å². The van der Waals surface area contributed by atoms with Gasteiger partial charge in [0, 0.05) is 6.92 Å². The van der Waals surface area contributed by atoms with Crippen LogP contribution in [0.2, 0.25) is 0 Å². The van der Waals surface area contributed by atoms with Gasteiger partial charge >= 0.3 is 11.9 Å². The van der Waals surface area contributed by atoms with Gasteiger partial charge in [-0.05, 0) is 31.0 Å². The van der Waals surface area contributed by atoms with E-state index in [9.17, 15) is 9.59 Å². The minimum Gasteiger partial charge on any atom is -0.465 e. The summed E-state index contributed by atoms with van der Waals surface area (Å²) < 4.78 is 9.63. The summed E-state index contributed by atoms with van der Waals surface area (Å²) in [4.78, 5) is 22.3. The zero-order chi connectivity index (χ0) is 12.3. The fraction of sp³-hybridized carbons (Fsp3) is 0.333. The van der Waals surface area contributed by atoms with Gasteiger partial charge in [-0.1, -0.05) is 6.07 Å². The van der Waals surface area contributed by atoms with E-state index in [0.717, 1.165) is 11.1 Å². The van der Waals surface area contributed by atoms with Crippen molar-refractivity contribution in [3.05, 3.63) is 28.8 Å². The molecule has 0 fully saturated rings. The van der Waals surface area contributed by atoms with E-state index in [1.54, 1.807) is 13.0 Å². The molecule has 0 bridgehead atoms. The number of rotatable bonds is 2. The monoisotopic (exact) mass is 222 g/mol. The van der Waals surface area contributed by atoms with E-state index in [0.29, 0.717) is 11.3 Å². The fourth-order valence-corrected chi connectivity index (χ4v) is 1.43. The second kappa shape index (κ2) is 4.79. The van der Waals surface area contributed by atoms with Crippen LogP contribution >= 0.6 is 0 Å². The lowest BCUT2D eigenvalue weighted by Gasteiger charge is -2.10. The van der Waals surface area contributed by atoms with E-state index < -0.39 is 11.9 Å². The van der Waals surface area contributed by atoms with Crippen LogP contribution in [0.4, 0.5) is 0 Å². The number of aryl methyl sites for hydroxylation is 2. The summed E-state index contributed by atoms with van der Waals surface area (Å²) >= 11 is 0. The van der Waals surface area contributed by atoms with Crippen molar-refractivity contribution >= 4 is 11.9 Å². The minimum absolute atomic E-state index is 0.388. The first-order valence-corrected chi connectivity index (χ1v) is 4.83. The maximum Gasteiger partial charge on any atom is 0.338 e. The van der Waals surface area contributed by atoms with E-state index in [-0.39, 0.29) is 0 Å². The van der Waals surface area contributed by atoms with Gasteiger partial charge in [-0.25, -0.2) is 4.79 Å². The van der Waals surface area contributed by atoms with Gasteiger partial charge in [0.05, 0.1) is 12.7 Å². The molecule has 1 aromatic carbocycles. The molecule has 1 aromatic rings. The van der Waals surface area contributed by atoms with Gasteiger partial charge in [0.25, 0.3) is 0 Å². The van der Waals surface area contributed by atoms with E-state index in [2.05, 4.69) is 4.74 Å². The molecule has 0 atom stereocenters. The van der Waals surface area contributed by atoms with E-state index in [1.165, 1.54) is 20.1 Å². The quantitative estimate of drug-likeness (QED) is 0.567. The molecule has 0 unspecified atom stereocenters. The predicted octanol–water partition coefficient (Wildman–Crippen LogP) is 2.02. The molecular formula is C12H14O4. The normalized spacial score (nSPS) is 9.75. The molecular weight excluding hydrogens is 208 g/mol. The van der Waals surface area contributed by atoms with Crippen molar-refractivity contribution in [2.24, 2.45) is 0 Å². The molecule has 0 aromatic heterocycles. The second-order valence-corrected chi connectivity index (χ2v) is 3.52. The van der Waals surface area contributed by atoms with Crippen LogP contribution in [-0.4, -0.2) is 19.0 Å². The van der Waals surface area contributed by atoms with Crippen LogP contribution in [0.3, 0.4) is 0 Å². The third-order valence-electron chi connectivity index (χ3n) is 2.18. The topological polar surface area (TPSA) is 52.6 Å². The molecule has 16 heavy (non-hydrogen) atoms. The highest BCUT2D eigenvalue weighted by Gasteiger charge is 2.13. The Labute approximate surface area is 94.2 Å².